The van der Waals surface area contributed by atoms with Gasteiger partial charge in [-0.1, -0.05) is 12.1 Å². The van der Waals surface area contributed by atoms with Gasteiger partial charge in [-0.3, -0.25) is 4.79 Å². The van der Waals surface area contributed by atoms with Crippen molar-refractivity contribution in [3.05, 3.63) is 69.6 Å². The number of phenolic OH excluding ortho intramolecular Hbond substituents is 1. The first-order valence-corrected chi connectivity index (χ1v) is 8.33. The molecule has 0 aliphatic carbocycles. The van der Waals surface area contributed by atoms with Gasteiger partial charge in [0.25, 0.3) is 0 Å². The van der Waals surface area contributed by atoms with Gasteiger partial charge in [-0.15, -0.1) is 0 Å². The number of methoxy groups -OCH3 is 1. The highest BCUT2D eigenvalue weighted by molar-refractivity contribution is 5.84. The molecule has 1 heterocycles. The van der Waals surface area contributed by atoms with Gasteiger partial charge in [-0.05, 0) is 23.8 Å². The molecule has 29 heavy (non-hydrogen) atoms. The lowest BCUT2D eigenvalue weighted by molar-refractivity contribution is -0.144. The maximum Gasteiger partial charge on any atom is 0.416 e. The van der Waals surface area contributed by atoms with Crippen LogP contribution in [0.1, 0.15) is 16.7 Å². The van der Waals surface area contributed by atoms with Crippen molar-refractivity contribution < 1.29 is 37.0 Å². The molecule has 2 aromatic carbocycles. The van der Waals surface area contributed by atoms with E-state index in [0.717, 1.165) is 18.2 Å². The summed E-state index contributed by atoms with van der Waals surface area (Å²) in [5, 5.41) is 10.2. The highest BCUT2D eigenvalue weighted by Gasteiger charge is 2.30. The molecule has 0 fully saturated rings. The van der Waals surface area contributed by atoms with Crippen LogP contribution in [0.4, 0.5) is 13.2 Å². The third-order valence-corrected chi connectivity index (χ3v) is 4.15. The SMILES string of the molecule is COc1cc2c(COC(=O)Cc3ccc(C(F)(F)F)cc3)cc(=O)oc2cc1O. The number of aromatic hydroxyl groups is 1. The molecule has 0 saturated heterocycles. The van der Waals surface area contributed by atoms with E-state index in [-0.39, 0.29) is 30.1 Å². The predicted octanol–water partition coefficient (Wildman–Crippen LogP) is 3.81. The predicted molar refractivity (Wildman–Crippen MR) is 95.6 cm³/mol. The van der Waals surface area contributed by atoms with Crippen LogP contribution in [0.15, 0.2) is 51.7 Å². The topological polar surface area (TPSA) is 86.0 Å². The Hall–Kier alpha value is -3.49. The maximum absolute atomic E-state index is 12.6. The molecule has 0 bridgehead atoms. The van der Waals surface area contributed by atoms with Crippen LogP contribution >= 0.6 is 0 Å². The monoisotopic (exact) mass is 408 g/mol. The fourth-order valence-electron chi connectivity index (χ4n) is 2.71. The van der Waals surface area contributed by atoms with Crippen molar-refractivity contribution in [2.45, 2.75) is 19.2 Å². The number of carbonyl (C=O) groups is 1. The highest BCUT2D eigenvalue weighted by Crippen LogP contribution is 2.32. The van der Waals surface area contributed by atoms with Crippen LogP contribution in [0.5, 0.6) is 11.5 Å². The lowest BCUT2D eigenvalue weighted by Gasteiger charge is -2.10. The summed E-state index contributed by atoms with van der Waals surface area (Å²) in [6.07, 6.45) is -4.69. The molecule has 0 unspecified atom stereocenters. The van der Waals surface area contributed by atoms with Gasteiger partial charge in [0.15, 0.2) is 11.5 Å². The zero-order chi connectivity index (χ0) is 21.2. The number of hydrogen-bond donors (Lipinski definition) is 1. The molecule has 3 rings (SSSR count). The number of esters is 1. The van der Waals surface area contributed by atoms with Crippen molar-refractivity contribution in [1.29, 1.82) is 0 Å². The Morgan fingerprint density at radius 3 is 2.45 bits per heavy atom. The second-order valence-corrected chi connectivity index (χ2v) is 6.14. The van der Waals surface area contributed by atoms with Gasteiger partial charge in [-0.25, -0.2) is 4.79 Å². The number of alkyl halides is 3. The summed E-state index contributed by atoms with van der Waals surface area (Å²) in [5.74, 6) is -0.764. The summed E-state index contributed by atoms with van der Waals surface area (Å²) in [5.41, 5.74) is -0.739. The van der Waals surface area contributed by atoms with Gasteiger partial charge >= 0.3 is 17.8 Å². The molecule has 6 nitrogen and oxygen atoms in total. The maximum atomic E-state index is 12.6. The summed E-state index contributed by atoms with van der Waals surface area (Å²) in [7, 11) is 1.35. The lowest BCUT2D eigenvalue weighted by atomic mass is 10.1. The van der Waals surface area contributed by atoms with Crippen molar-refractivity contribution in [2.75, 3.05) is 7.11 Å². The molecule has 1 aromatic heterocycles. The number of rotatable bonds is 5. The van der Waals surface area contributed by atoms with Crippen LogP contribution in [0.25, 0.3) is 11.0 Å². The normalized spacial score (nSPS) is 11.4. The summed E-state index contributed by atoms with van der Waals surface area (Å²) in [4.78, 5) is 23.8. The third-order valence-electron chi connectivity index (χ3n) is 4.15. The van der Waals surface area contributed by atoms with Gasteiger partial charge in [-0.2, -0.15) is 13.2 Å². The molecule has 0 spiro atoms. The van der Waals surface area contributed by atoms with Crippen LogP contribution in [-0.2, 0) is 28.7 Å². The number of benzene rings is 2. The summed E-state index contributed by atoms with van der Waals surface area (Å²) >= 11 is 0. The zero-order valence-electron chi connectivity index (χ0n) is 15.1. The van der Waals surface area contributed by atoms with Gasteiger partial charge in [0, 0.05) is 23.1 Å². The van der Waals surface area contributed by atoms with Crippen molar-refractivity contribution in [3.63, 3.8) is 0 Å². The summed E-state index contributed by atoms with van der Waals surface area (Å²) in [6, 6.07) is 7.96. The average molecular weight is 408 g/mol. The summed E-state index contributed by atoms with van der Waals surface area (Å²) < 4.78 is 52.9. The zero-order valence-corrected chi connectivity index (χ0v) is 15.1. The second kappa shape index (κ2) is 7.86. The standard InChI is InChI=1S/C20H15F3O6/c1-27-17-8-14-12(7-19(26)29-16(14)9-15(17)24)10-28-18(25)6-11-2-4-13(5-3-11)20(21,22)23/h2-5,7-9,24H,6,10H2,1H3. The Bertz CT molecular complexity index is 1100. The number of fused-ring (bicyclic) bond motifs is 1. The van der Waals surface area contributed by atoms with E-state index >= 15 is 0 Å². The number of carbonyl (C=O) groups excluding carboxylic acids is 1. The van der Waals surface area contributed by atoms with Crippen LogP contribution in [0.2, 0.25) is 0 Å². The minimum absolute atomic E-state index is 0.0876. The molecule has 0 aliphatic heterocycles. The first kappa shape index (κ1) is 20.2. The van der Waals surface area contributed by atoms with E-state index in [1.807, 2.05) is 0 Å². The Balaban J connectivity index is 1.74. The van der Waals surface area contributed by atoms with Crippen LogP contribution < -0.4 is 10.4 Å². The number of phenols is 1. The summed E-state index contributed by atoms with van der Waals surface area (Å²) in [6.45, 7) is -0.268. The van der Waals surface area contributed by atoms with Crippen molar-refractivity contribution in [2.24, 2.45) is 0 Å². The second-order valence-electron chi connectivity index (χ2n) is 6.14. The average Bonchev–Trinajstić information content (AvgIpc) is 2.65. The van der Waals surface area contributed by atoms with E-state index in [1.165, 1.54) is 31.4 Å². The Labute approximate surface area is 162 Å². The van der Waals surface area contributed by atoms with Gasteiger partial charge < -0.3 is 19.0 Å². The van der Waals surface area contributed by atoms with Crippen LogP contribution in [0, 0.1) is 0 Å². The largest absolute Gasteiger partial charge is 0.504 e. The van der Waals surface area contributed by atoms with Gasteiger partial charge in [0.05, 0.1) is 19.1 Å². The Morgan fingerprint density at radius 2 is 1.83 bits per heavy atom. The van der Waals surface area contributed by atoms with Gasteiger partial charge in [0.1, 0.15) is 12.2 Å². The number of ether oxygens (including phenoxy) is 2. The lowest BCUT2D eigenvalue weighted by Crippen LogP contribution is -2.10. The van der Waals surface area contributed by atoms with Crippen molar-refractivity contribution >= 4 is 16.9 Å². The minimum atomic E-state index is -4.45. The van der Waals surface area contributed by atoms with E-state index in [9.17, 15) is 27.9 Å². The molecule has 1 N–H and O–H groups in total. The highest BCUT2D eigenvalue weighted by atomic mass is 19.4. The number of halogens is 3. The molecule has 152 valence electrons. The quantitative estimate of drug-likeness (QED) is 0.510. The minimum Gasteiger partial charge on any atom is -0.504 e. The van der Waals surface area contributed by atoms with Crippen LogP contribution in [-0.4, -0.2) is 18.2 Å². The fourth-order valence-corrected chi connectivity index (χ4v) is 2.71. The fraction of sp³-hybridized carbons (Fsp3) is 0.200. The smallest absolute Gasteiger partial charge is 0.416 e. The van der Waals surface area contributed by atoms with E-state index in [2.05, 4.69) is 0 Å². The molecular weight excluding hydrogens is 393 g/mol. The molecular formula is C20H15F3O6. The molecule has 9 heteroatoms. The molecule has 0 saturated carbocycles. The van der Waals surface area contributed by atoms with E-state index < -0.39 is 23.3 Å². The Morgan fingerprint density at radius 1 is 1.14 bits per heavy atom. The third kappa shape index (κ3) is 4.68. The van der Waals surface area contributed by atoms with Crippen molar-refractivity contribution in [3.8, 4) is 11.5 Å². The van der Waals surface area contributed by atoms with Gasteiger partial charge in [0.2, 0.25) is 0 Å². The van der Waals surface area contributed by atoms with E-state index in [0.29, 0.717) is 16.5 Å². The first-order valence-electron chi connectivity index (χ1n) is 8.33. The molecule has 0 aliphatic rings. The van der Waals surface area contributed by atoms with E-state index in [1.54, 1.807) is 0 Å². The molecule has 3 aromatic rings. The molecule has 0 atom stereocenters. The number of hydrogen-bond acceptors (Lipinski definition) is 6. The van der Waals surface area contributed by atoms with E-state index in [4.69, 9.17) is 13.9 Å². The Kier molecular flexibility index (Phi) is 5.49. The van der Waals surface area contributed by atoms with Crippen molar-refractivity contribution in [1.82, 2.24) is 0 Å². The molecule has 0 radical (unpaired) electrons. The van der Waals surface area contributed by atoms with Crippen LogP contribution in [0.3, 0.4) is 0 Å². The molecule has 0 amide bonds. The first-order chi connectivity index (χ1) is 13.7.